The molecule has 0 aliphatic heterocycles. The first-order chi connectivity index (χ1) is 15.4. The van der Waals surface area contributed by atoms with Crippen LogP contribution < -0.4 is 0 Å². The van der Waals surface area contributed by atoms with Crippen molar-refractivity contribution in [2.75, 3.05) is 13.7 Å². The largest absolute Gasteiger partial charge is 0.465 e. The minimum atomic E-state index is -0.388. The average molecular weight is 451 g/mol. The van der Waals surface area contributed by atoms with E-state index in [-0.39, 0.29) is 17.3 Å². The summed E-state index contributed by atoms with van der Waals surface area (Å²) >= 11 is 6.38. The van der Waals surface area contributed by atoms with E-state index in [1.165, 1.54) is 12.7 Å². The molecular weight excluding hydrogens is 420 g/mol. The Morgan fingerprint density at radius 1 is 0.938 bits per heavy atom. The van der Waals surface area contributed by atoms with E-state index in [0.717, 1.165) is 24.0 Å². The molecule has 0 bridgehead atoms. The van der Waals surface area contributed by atoms with E-state index >= 15 is 0 Å². The molecule has 3 aromatic carbocycles. The van der Waals surface area contributed by atoms with Gasteiger partial charge in [-0.15, -0.1) is 0 Å². The Labute approximate surface area is 196 Å². The highest BCUT2D eigenvalue weighted by Gasteiger charge is 2.26. The number of carbonyl (C=O) groups excluding carboxylic acids is 1. The second kappa shape index (κ2) is 11.3. The fourth-order valence-corrected chi connectivity index (χ4v) is 4.38. The van der Waals surface area contributed by atoms with Crippen LogP contribution in [0.25, 0.3) is 0 Å². The zero-order chi connectivity index (χ0) is 23.0. The lowest BCUT2D eigenvalue weighted by atomic mass is 9.76. The Morgan fingerprint density at radius 3 is 2.19 bits per heavy atom. The van der Waals surface area contributed by atoms with Crippen molar-refractivity contribution < 1.29 is 14.3 Å². The van der Waals surface area contributed by atoms with Gasteiger partial charge in [0, 0.05) is 10.9 Å². The van der Waals surface area contributed by atoms with Gasteiger partial charge in [0.15, 0.2) is 0 Å². The van der Waals surface area contributed by atoms with Crippen molar-refractivity contribution in [2.45, 2.75) is 39.2 Å². The Hall–Kier alpha value is -2.62. The summed E-state index contributed by atoms with van der Waals surface area (Å²) in [5.41, 5.74) is 3.92. The van der Waals surface area contributed by atoms with Gasteiger partial charge in [-0.1, -0.05) is 86.1 Å². The van der Waals surface area contributed by atoms with Gasteiger partial charge in [0.2, 0.25) is 0 Å². The minimum Gasteiger partial charge on any atom is -0.465 e. The number of esters is 1. The summed E-state index contributed by atoms with van der Waals surface area (Å²) < 4.78 is 11.1. The SMILES string of the molecule is COC(=O)c1cc(Cl)cc(C(COCc2ccccc2)CC(C)(C)Cc2ccccc2)c1. The van der Waals surface area contributed by atoms with E-state index < -0.39 is 0 Å². The molecule has 3 aromatic rings. The minimum absolute atomic E-state index is 0.0237. The third-order valence-corrected chi connectivity index (χ3v) is 5.79. The first-order valence-electron chi connectivity index (χ1n) is 10.9. The standard InChI is InChI=1S/C28H31ClO3/c1-28(2,17-21-10-6-4-7-11-21)18-25(20-32-19-22-12-8-5-9-13-22)23-14-24(27(30)31-3)16-26(29)15-23/h4-16,25H,17-20H2,1-3H3. The van der Waals surface area contributed by atoms with Crippen molar-refractivity contribution in [1.82, 2.24) is 0 Å². The molecule has 3 nitrogen and oxygen atoms in total. The van der Waals surface area contributed by atoms with Crippen molar-refractivity contribution in [2.24, 2.45) is 5.41 Å². The predicted molar refractivity (Wildman–Crippen MR) is 130 cm³/mol. The highest BCUT2D eigenvalue weighted by molar-refractivity contribution is 6.31. The first kappa shape index (κ1) is 24.0. The molecule has 0 amide bonds. The topological polar surface area (TPSA) is 35.5 Å². The normalized spacial score (nSPS) is 12.4. The Bertz CT molecular complexity index is 1000. The number of methoxy groups -OCH3 is 1. The van der Waals surface area contributed by atoms with Crippen LogP contribution in [0.3, 0.4) is 0 Å². The molecule has 0 aliphatic carbocycles. The molecule has 4 heteroatoms. The number of hydrogen-bond donors (Lipinski definition) is 0. The first-order valence-corrected chi connectivity index (χ1v) is 11.3. The van der Waals surface area contributed by atoms with Crippen LogP contribution >= 0.6 is 11.6 Å². The number of halogens is 1. The van der Waals surface area contributed by atoms with Crippen molar-refractivity contribution in [3.05, 3.63) is 106 Å². The average Bonchev–Trinajstić information content (AvgIpc) is 2.78. The smallest absolute Gasteiger partial charge is 0.337 e. The quantitative estimate of drug-likeness (QED) is 0.309. The monoisotopic (exact) mass is 450 g/mol. The van der Waals surface area contributed by atoms with E-state index in [1.807, 2.05) is 36.4 Å². The molecule has 0 saturated carbocycles. The van der Waals surface area contributed by atoms with Crippen LogP contribution in [0.15, 0.2) is 78.9 Å². The lowest BCUT2D eigenvalue weighted by molar-refractivity contribution is 0.0600. The molecule has 0 aromatic heterocycles. The summed E-state index contributed by atoms with van der Waals surface area (Å²) in [5.74, 6) is -0.305. The van der Waals surface area contributed by atoms with E-state index in [2.05, 4.69) is 50.2 Å². The highest BCUT2D eigenvalue weighted by atomic mass is 35.5. The number of benzene rings is 3. The maximum Gasteiger partial charge on any atom is 0.337 e. The summed E-state index contributed by atoms with van der Waals surface area (Å²) in [4.78, 5) is 12.2. The maximum atomic E-state index is 12.2. The van der Waals surface area contributed by atoms with E-state index in [1.54, 1.807) is 6.07 Å². The number of hydrogen-bond acceptors (Lipinski definition) is 3. The zero-order valence-corrected chi connectivity index (χ0v) is 19.8. The molecular formula is C28H31ClO3. The van der Waals surface area contributed by atoms with Gasteiger partial charge in [-0.05, 0) is 53.1 Å². The van der Waals surface area contributed by atoms with Gasteiger partial charge in [-0.25, -0.2) is 4.79 Å². The molecule has 0 heterocycles. The van der Waals surface area contributed by atoms with Crippen LogP contribution in [0.4, 0.5) is 0 Å². The molecule has 0 N–H and O–H groups in total. The summed E-state index contributed by atoms with van der Waals surface area (Å²) in [6.45, 7) is 5.63. The Kier molecular flexibility index (Phi) is 8.49. The van der Waals surface area contributed by atoms with Crippen molar-refractivity contribution in [1.29, 1.82) is 0 Å². The molecule has 0 aliphatic rings. The van der Waals surface area contributed by atoms with Crippen molar-refractivity contribution in [3.63, 3.8) is 0 Å². The van der Waals surface area contributed by atoms with Crippen LogP contribution in [0.2, 0.25) is 5.02 Å². The molecule has 168 valence electrons. The fraction of sp³-hybridized carbons (Fsp3) is 0.321. The van der Waals surface area contributed by atoms with Crippen LogP contribution in [0.5, 0.6) is 0 Å². The predicted octanol–water partition coefficient (Wildman–Crippen LogP) is 7.09. The third-order valence-electron chi connectivity index (χ3n) is 5.57. The van der Waals surface area contributed by atoms with E-state index in [4.69, 9.17) is 21.1 Å². The maximum absolute atomic E-state index is 12.2. The van der Waals surface area contributed by atoms with Gasteiger partial charge in [0.25, 0.3) is 0 Å². The summed E-state index contributed by atoms with van der Waals surface area (Å²) in [6.07, 6.45) is 1.84. The van der Waals surface area contributed by atoms with Crippen molar-refractivity contribution >= 4 is 17.6 Å². The van der Waals surface area contributed by atoms with Crippen LogP contribution in [-0.4, -0.2) is 19.7 Å². The molecule has 3 rings (SSSR count). The van der Waals surface area contributed by atoms with Crippen LogP contribution in [0.1, 0.15) is 53.2 Å². The molecule has 0 saturated heterocycles. The van der Waals surface area contributed by atoms with Crippen molar-refractivity contribution in [3.8, 4) is 0 Å². The van der Waals surface area contributed by atoms with Gasteiger partial charge in [0.1, 0.15) is 0 Å². The molecule has 1 unspecified atom stereocenters. The third kappa shape index (κ3) is 7.22. The fourth-order valence-electron chi connectivity index (χ4n) is 4.14. The van der Waals surface area contributed by atoms with E-state index in [9.17, 15) is 4.79 Å². The number of rotatable bonds is 10. The Morgan fingerprint density at radius 2 is 1.56 bits per heavy atom. The van der Waals surface area contributed by atoms with Gasteiger partial charge in [-0.2, -0.15) is 0 Å². The lowest BCUT2D eigenvalue weighted by Crippen LogP contribution is -2.22. The summed E-state index contributed by atoms with van der Waals surface area (Å²) in [6, 6.07) is 26.1. The Balaban J connectivity index is 1.81. The summed E-state index contributed by atoms with van der Waals surface area (Å²) in [7, 11) is 1.38. The molecule has 1 atom stereocenters. The molecule has 0 radical (unpaired) electrons. The van der Waals surface area contributed by atoms with Gasteiger partial charge in [-0.3, -0.25) is 0 Å². The zero-order valence-electron chi connectivity index (χ0n) is 19.0. The second-order valence-electron chi connectivity index (χ2n) is 8.99. The number of ether oxygens (including phenoxy) is 2. The van der Waals surface area contributed by atoms with Gasteiger partial charge in [0.05, 0.1) is 25.9 Å². The lowest BCUT2D eigenvalue weighted by Gasteiger charge is -2.30. The van der Waals surface area contributed by atoms with Crippen LogP contribution in [-0.2, 0) is 22.5 Å². The number of carbonyl (C=O) groups is 1. The van der Waals surface area contributed by atoms with Gasteiger partial charge >= 0.3 is 5.97 Å². The molecule has 0 spiro atoms. The highest BCUT2D eigenvalue weighted by Crippen LogP contribution is 2.36. The van der Waals surface area contributed by atoms with Gasteiger partial charge < -0.3 is 9.47 Å². The molecule has 32 heavy (non-hydrogen) atoms. The molecule has 0 fully saturated rings. The van der Waals surface area contributed by atoms with Crippen LogP contribution in [0, 0.1) is 5.41 Å². The van der Waals surface area contributed by atoms with E-state index in [0.29, 0.717) is 23.8 Å². The second-order valence-corrected chi connectivity index (χ2v) is 9.43. The summed E-state index contributed by atoms with van der Waals surface area (Å²) in [5, 5.41) is 0.525.